The Morgan fingerprint density at radius 3 is 2.15 bits per heavy atom. The third kappa shape index (κ3) is 5.36. The number of hydrogen-bond donors (Lipinski definition) is 1. The number of hydrogen-bond acceptors (Lipinski definition) is 4. The molecule has 168 valence electrons. The van der Waals surface area contributed by atoms with Crippen molar-refractivity contribution >= 4 is 23.4 Å². The lowest BCUT2D eigenvalue weighted by molar-refractivity contribution is -0.115. The number of carbonyl (C=O) groups is 1. The molecule has 1 atom stereocenters. The van der Waals surface area contributed by atoms with Gasteiger partial charge >= 0.3 is 0 Å². The second kappa shape index (κ2) is 10.4. The van der Waals surface area contributed by atoms with Gasteiger partial charge in [-0.3, -0.25) is 4.79 Å². The summed E-state index contributed by atoms with van der Waals surface area (Å²) in [6, 6.07) is 29.9. The van der Waals surface area contributed by atoms with Crippen LogP contribution in [0.4, 0.5) is 5.69 Å². The van der Waals surface area contributed by atoms with Gasteiger partial charge in [0.05, 0.1) is 16.5 Å². The maximum atomic E-state index is 12.9. The fraction of sp³-hybridized carbons (Fsp3) is 0.138. The lowest BCUT2D eigenvalue weighted by Gasteiger charge is -2.16. The van der Waals surface area contributed by atoms with E-state index in [1.807, 2.05) is 106 Å². The molecule has 0 bridgehead atoms. The van der Waals surface area contributed by atoms with E-state index >= 15 is 0 Å². The Balaban J connectivity index is 1.72. The molecule has 1 unspecified atom stereocenters. The number of pyridine rings is 1. The number of aromatic nitrogens is 1. The molecule has 0 spiro atoms. The van der Waals surface area contributed by atoms with Crippen LogP contribution in [0.15, 0.2) is 90.0 Å². The summed E-state index contributed by atoms with van der Waals surface area (Å²) in [5, 5.41) is 13.1. The first-order valence-electron chi connectivity index (χ1n) is 11.1. The number of nitrogens with zero attached hydrogens (tertiary/aromatic N) is 2. The van der Waals surface area contributed by atoms with Gasteiger partial charge in [-0.1, -0.05) is 89.6 Å². The monoisotopic (exact) mass is 463 g/mol. The van der Waals surface area contributed by atoms with Gasteiger partial charge in [-0.25, -0.2) is 4.98 Å². The summed E-state index contributed by atoms with van der Waals surface area (Å²) >= 11 is 1.30. The Labute approximate surface area is 204 Å². The molecule has 0 aliphatic rings. The highest BCUT2D eigenvalue weighted by Crippen LogP contribution is 2.36. The van der Waals surface area contributed by atoms with Crippen LogP contribution < -0.4 is 5.32 Å². The van der Waals surface area contributed by atoms with Crippen LogP contribution in [0.1, 0.15) is 23.6 Å². The standard InChI is InChI=1S/C29H25N3OS/c1-19-9-13-23(14-10-19)27-17-25(22-7-5-4-6-8-22)26(18-30)29(32-27)34-21(3)28(33)31-24-15-11-20(2)12-16-24/h4-17,21H,1-3H3,(H,31,33). The molecule has 0 aliphatic carbocycles. The van der Waals surface area contributed by atoms with Gasteiger partial charge in [-0.05, 0) is 44.5 Å². The SMILES string of the molecule is Cc1ccc(NC(=O)C(C)Sc2nc(-c3ccc(C)cc3)cc(-c3ccccc3)c2C#N)cc1. The Bertz CT molecular complexity index is 1340. The maximum Gasteiger partial charge on any atom is 0.237 e. The van der Waals surface area contributed by atoms with Crippen LogP contribution in [0.5, 0.6) is 0 Å². The number of benzene rings is 3. The number of rotatable bonds is 6. The highest BCUT2D eigenvalue weighted by Gasteiger charge is 2.21. The van der Waals surface area contributed by atoms with Gasteiger partial charge in [-0.15, -0.1) is 0 Å². The van der Waals surface area contributed by atoms with Gasteiger partial charge in [-0.2, -0.15) is 5.26 Å². The Hall–Kier alpha value is -3.88. The van der Waals surface area contributed by atoms with E-state index in [2.05, 4.69) is 11.4 Å². The highest BCUT2D eigenvalue weighted by molar-refractivity contribution is 8.00. The van der Waals surface area contributed by atoms with Crippen molar-refractivity contribution in [1.82, 2.24) is 4.98 Å². The lowest BCUT2D eigenvalue weighted by Crippen LogP contribution is -2.22. The van der Waals surface area contributed by atoms with Gasteiger partial charge in [0.2, 0.25) is 5.91 Å². The fourth-order valence-electron chi connectivity index (χ4n) is 3.53. The van der Waals surface area contributed by atoms with Gasteiger partial charge in [0, 0.05) is 16.8 Å². The molecule has 34 heavy (non-hydrogen) atoms. The van der Waals surface area contributed by atoms with Crippen LogP contribution in [0.25, 0.3) is 22.4 Å². The number of carbonyl (C=O) groups excluding carboxylic acids is 1. The molecule has 0 saturated heterocycles. The van der Waals surface area contributed by atoms with Crippen molar-refractivity contribution in [3.8, 4) is 28.5 Å². The zero-order valence-electron chi connectivity index (χ0n) is 19.4. The van der Waals surface area contributed by atoms with Gasteiger partial charge in [0.1, 0.15) is 11.1 Å². The van der Waals surface area contributed by atoms with Crippen LogP contribution in [-0.4, -0.2) is 16.1 Å². The molecule has 1 amide bonds. The molecule has 1 heterocycles. The van der Waals surface area contributed by atoms with Crippen molar-refractivity contribution in [2.75, 3.05) is 5.32 Å². The molecule has 1 aromatic heterocycles. The summed E-state index contributed by atoms with van der Waals surface area (Å²) in [5.41, 5.74) is 6.99. The maximum absolute atomic E-state index is 12.9. The Kier molecular flexibility index (Phi) is 7.10. The van der Waals surface area contributed by atoms with E-state index in [-0.39, 0.29) is 5.91 Å². The molecule has 0 saturated carbocycles. The molecular formula is C29H25N3OS. The number of thioether (sulfide) groups is 1. The quantitative estimate of drug-likeness (QED) is 0.312. The lowest BCUT2D eigenvalue weighted by atomic mass is 9.99. The summed E-state index contributed by atoms with van der Waals surface area (Å²) in [6.45, 7) is 5.88. The third-order valence-corrected chi connectivity index (χ3v) is 6.59. The zero-order valence-corrected chi connectivity index (χ0v) is 20.2. The van der Waals surface area contributed by atoms with E-state index in [4.69, 9.17) is 4.98 Å². The summed E-state index contributed by atoms with van der Waals surface area (Å²) < 4.78 is 0. The minimum atomic E-state index is -0.446. The van der Waals surface area contributed by atoms with Crippen LogP contribution in [0, 0.1) is 25.2 Å². The smallest absolute Gasteiger partial charge is 0.237 e. The Morgan fingerprint density at radius 2 is 1.53 bits per heavy atom. The van der Waals surface area contributed by atoms with Crippen molar-refractivity contribution in [1.29, 1.82) is 5.26 Å². The second-order valence-electron chi connectivity index (χ2n) is 8.19. The number of anilines is 1. The highest BCUT2D eigenvalue weighted by atomic mass is 32.2. The molecule has 5 heteroatoms. The fourth-order valence-corrected chi connectivity index (χ4v) is 4.46. The number of amides is 1. The van der Waals surface area contributed by atoms with Crippen LogP contribution in [0.3, 0.4) is 0 Å². The summed E-state index contributed by atoms with van der Waals surface area (Å²) in [6.07, 6.45) is 0. The molecule has 4 nitrogen and oxygen atoms in total. The number of nitrogens with one attached hydrogen (secondary N) is 1. The summed E-state index contributed by atoms with van der Waals surface area (Å²) in [7, 11) is 0. The van der Waals surface area contributed by atoms with Crippen molar-refractivity contribution in [3.05, 3.63) is 102 Å². The van der Waals surface area contributed by atoms with E-state index in [0.29, 0.717) is 10.6 Å². The molecule has 0 fully saturated rings. The zero-order chi connectivity index (χ0) is 24.1. The number of nitriles is 1. The first kappa shape index (κ1) is 23.3. The average molecular weight is 464 g/mol. The molecule has 0 radical (unpaired) electrons. The Morgan fingerprint density at radius 1 is 0.912 bits per heavy atom. The van der Waals surface area contributed by atoms with Crippen LogP contribution in [0.2, 0.25) is 0 Å². The topological polar surface area (TPSA) is 65.8 Å². The van der Waals surface area contributed by atoms with E-state index in [1.54, 1.807) is 0 Å². The normalized spacial score (nSPS) is 11.5. The van der Waals surface area contributed by atoms with Crippen molar-refractivity contribution in [2.24, 2.45) is 0 Å². The minimum absolute atomic E-state index is 0.137. The molecule has 0 aliphatic heterocycles. The molecule has 4 aromatic rings. The minimum Gasteiger partial charge on any atom is -0.325 e. The van der Waals surface area contributed by atoms with E-state index in [0.717, 1.165) is 39.2 Å². The summed E-state index contributed by atoms with van der Waals surface area (Å²) in [4.78, 5) is 17.7. The van der Waals surface area contributed by atoms with E-state index in [9.17, 15) is 10.1 Å². The average Bonchev–Trinajstić information content (AvgIpc) is 2.86. The molecule has 4 rings (SSSR count). The molecule has 3 aromatic carbocycles. The number of aryl methyl sites for hydroxylation is 2. The van der Waals surface area contributed by atoms with Crippen molar-refractivity contribution in [2.45, 2.75) is 31.0 Å². The van der Waals surface area contributed by atoms with Gasteiger partial charge < -0.3 is 5.32 Å². The van der Waals surface area contributed by atoms with Crippen LogP contribution >= 0.6 is 11.8 Å². The predicted molar refractivity (Wildman–Crippen MR) is 140 cm³/mol. The van der Waals surface area contributed by atoms with Crippen LogP contribution in [-0.2, 0) is 4.79 Å². The predicted octanol–water partition coefficient (Wildman–Crippen LogP) is 7.02. The van der Waals surface area contributed by atoms with Gasteiger partial charge in [0.25, 0.3) is 0 Å². The summed E-state index contributed by atoms with van der Waals surface area (Å²) in [5.74, 6) is -0.137. The van der Waals surface area contributed by atoms with E-state index in [1.165, 1.54) is 11.8 Å². The third-order valence-electron chi connectivity index (χ3n) is 5.51. The van der Waals surface area contributed by atoms with Crippen molar-refractivity contribution < 1.29 is 4.79 Å². The first-order valence-corrected chi connectivity index (χ1v) is 11.9. The van der Waals surface area contributed by atoms with Gasteiger partial charge in [0.15, 0.2) is 0 Å². The second-order valence-corrected chi connectivity index (χ2v) is 9.52. The molecular weight excluding hydrogens is 438 g/mol. The first-order chi connectivity index (χ1) is 16.4. The van der Waals surface area contributed by atoms with Crippen molar-refractivity contribution in [3.63, 3.8) is 0 Å². The largest absolute Gasteiger partial charge is 0.325 e. The van der Waals surface area contributed by atoms with E-state index < -0.39 is 5.25 Å². The molecule has 1 N–H and O–H groups in total.